The number of halogens is 4. The standard InChI is InChI=1S/C5H6Cl4O10S3/c6-5-4(19-22(9,14)15)3(18-21(8,12)13)2(1-16-5)17-20(7,10)11/h2-5H,1H2/t2-,3+,4-,5-/m1/s1. The lowest BCUT2D eigenvalue weighted by atomic mass is 10.1. The van der Waals surface area contributed by atoms with E-state index in [1.807, 2.05) is 0 Å². The molecule has 1 fully saturated rings. The number of ether oxygens (including phenoxy) is 1. The third kappa shape index (κ3) is 7.61. The molecule has 10 nitrogen and oxygen atoms in total. The van der Waals surface area contributed by atoms with Gasteiger partial charge in [0.15, 0.2) is 5.56 Å². The molecule has 0 N–H and O–H groups in total. The van der Waals surface area contributed by atoms with Crippen LogP contribution in [0.5, 0.6) is 0 Å². The van der Waals surface area contributed by atoms with Gasteiger partial charge in [-0.15, -0.1) is 0 Å². The van der Waals surface area contributed by atoms with Gasteiger partial charge in [-0.3, -0.25) is 0 Å². The average molecular weight is 464 g/mol. The van der Waals surface area contributed by atoms with E-state index in [-0.39, 0.29) is 0 Å². The average Bonchev–Trinajstić information content (AvgIpc) is 2.22. The molecule has 1 aliphatic rings. The molecule has 1 heterocycles. The molecule has 0 bridgehead atoms. The molecule has 0 aliphatic carbocycles. The summed E-state index contributed by atoms with van der Waals surface area (Å²) in [6, 6.07) is 0. The second kappa shape index (κ2) is 7.39. The molecule has 0 amide bonds. The van der Waals surface area contributed by atoms with Gasteiger partial charge < -0.3 is 4.74 Å². The maximum absolute atomic E-state index is 11.0. The molecule has 1 saturated heterocycles. The highest BCUT2D eigenvalue weighted by molar-refractivity contribution is 8.10. The van der Waals surface area contributed by atoms with Crippen LogP contribution in [0.3, 0.4) is 0 Å². The van der Waals surface area contributed by atoms with Crippen LogP contribution in [0.15, 0.2) is 0 Å². The molecule has 0 radical (unpaired) electrons. The van der Waals surface area contributed by atoms with Crippen LogP contribution in [0, 0.1) is 0 Å². The molecule has 132 valence electrons. The topological polar surface area (TPSA) is 139 Å². The monoisotopic (exact) mass is 462 g/mol. The van der Waals surface area contributed by atoms with Crippen LogP contribution >= 0.6 is 43.6 Å². The summed E-state index contributed by atoms with van der Waals surface area (Å²) in [6.45, 7) is -0.626. The van der Waals surface area contributed by atoms with Gasteiger partial charge in [0.1, 0.15) is 18.3 Å². The van der Waals surface area contributed by atoms with E-state index in [1.54, 1.807) is 0 Å². The zero-order chi connectivity index (χ0) is 17.3. The van der Waals surface area contributed by atoms with Crippen LogP contribution < -0.4 is 0 Å². The van der Waals surface area contributed by atoms with E-state index >= 15 is 0 Å². The highest BCUT2D eigenvalue weighted by Gasteiger charge is 2.48. The van der Waals surface area contributed by atoms with E-state index in [0.29, 0.717) is 0 Å². The molecule has 4 atom stereocenters. The Morgan fingerprint density at radius 3 is 1.59 bits per heavy atom. The van der Waals surface area contributed by atoms with E-state index in [1.165, 1.54) is 0 Å². The maximum Gasteiger partial charge on any atom is 0.356 e. The second-order valence-electron chi connectivity index (χ2n) is 3.62. The molecule has 0 aromatic heterocycles. The second-order valence-corrected chi connectivity index (χ2v) is 10.4. The molecule has 0 unspecified atom stereocenters. The van der Waals surface area contributed by atoms with Gasteiger partial charge in [0.05, 0.1) is 6.61 Å². The van der Waals surface area contributed by atoms with Crippen LogP contribution in [-0.2, 0) is 45.3 Å². The number of hydrogen-bond donors (Lipinski definition) is 0. The molecule has 0 aromatic rings. The summed E-state index contributed by atoms with van der Waals surface area (Å²) >= 11 is 5.62. The fraction of sp³-hybridized carbons (Fsp3) is 1.00. The van der Waals surface area contributed by atoms with Gasteiger partial charge in [-0.25, -0.2) is 12.5 Å². The van der Waals surface area contributed by atoms with Crippen molar-refractivity contribution in [3.8, 4) is 0 Å². The largest absolute Gasteiger partial charge is 0.357 e. The highest BCUT2D eigenvalue weighted by atomic mass is 35.7. The Kier molecular flexibility index (Phi) is 7.02. The molecular formula is C5H6Cl4O10S3. The van der Waals surface area contributed by atoms with Crippen LogP contribution in [0.4, 0.5) is 0 Å². The summed E-state index contributed by atoms with van der Waals surface area (Å²) in [4.78, 5) is 0. The molecule has 0 saturated carbocycles. The van der Waals surface area contributed by atoms with Gasteiger partial charge in [0.2, 0.25) is 0 Å². The van der Waals surface area contributed by atoms with Crippen molar-refractivity contribution in [2.45, 2.75) is 23.9 Å². The SMILES string of the molecule is O=S(=O)(Cl)O[C@@H]1[C@@H](OS(=O)(=O)Cl)[C@H](OS(=O)(=O)Cl)CO[C@H]1Cl. The Balaban J connectivity index is 3.17. The summed E-state index contributed by atoms with van der Waals surface area (Å²) in [6.07, 6.45) is -5.55. The number of hydrogen-bond acceptors (Lipinski definition) is 10. The summed E-state index contributed by atoms with van der Waals surface area (Å²) < 4.78 is 83.5. The minimum Gasteiger partial charge on any atom is -0.357 e. The molecule has 0 spiro atoms. The van der Waals surface area contributed by atoms with Crippen molar-refractivity contribution < 1.29 is 42.5 Å². The Hall–Kier alpha value is 0.850. The fourth-order valence-electron chi connectivity index (χ4n) is 1.45. The Labute approximate surface area is 144 Å². The Morgan fingerprint density at radius 1 is 0.773 bits per heavy atom. The van der Waals surface area contributed by atoms with E-state index in [9.17, 15) is 25.3 Å². The molecule has 17 heteroatoms. The number of rotatable bonds is 6. The summed E-state index contributed by atoms with van der Waals surface area (Å²) in [5.41, 5.74) is -1.57. The summed E-state index contributed by atoms with van der Waals surface area (Å²) in [5, 5.41) is 0. The van der Waals surface area contributed by atoms with Crippen molar-refractivity contribution in [2.75, 3.05) is 6.61 Å². The minimum atomic E-state index is -4.70. The molecule has 1 aliphatic heterocycles. The maximum atomic E-state index is 11.0. The third-order valence-electron chi connectivity index (χ3n) is 2.06. The van der Waals surface area contributed by atoms with Crippen molar-refractivity contribution >= 4 is 71.6 Å². The van der Waals surface area contributed by atoms with Gasteiger partial charge in [-0.2, -0.15) is 25.3 Å². The summed E-state index contributed by atoms with van der Waals surface area (Å²) in [5.74, 6) is 0. The van der Waals surface area contributed by atoms with Crippen LogP contribution in [-0.4, -0.2) is 55.7 Å². The molecule has 22 heavy (non-hydrogen) atoms. The zero-order valence-corrected chi connectivity index (χ0v) is 15.3. The zero-order valence-electron chi connectivity index (χ0n) is 9.84. The predicted octanol–water partition coefficient (Wildman–Crippen LogP) is 0.188. The quantitative estimate of drug-likeness (QED) is 0.395. The van der Waals surface area contributed by atoms with Crippen LogP contribution in [0.25, 0.3) is 0 Å². The van der Waals surface area contributed by atoms with Crippen molar-refractivity contribution in [3.05, 3.63) is 0 Å². The smallest absolute Gasteiger partial charge is 0.356 e. The first-order valence-corrected chi connectivity index (χ1v) is 12.0. The van der Waals surface area contributed by atoms with Crippen molar-refractivity contribution in [1.82, 2.24) is 0 Å². The lowest BCUT2D eigenvalue weighted by molar-refractivity contribution is -0.131. The Bertz CT molecular complexity index is 701. The Morgan fingerprint density at radius 2 is 1.18 bits per heavy atom. The van der Waals surface area contributed by atoms with E-state index in [4.69, 9.17) is 48.4 Å². The molecule has 1 rings (SSSR count). The van der Waals surface area contributed by atoms with Gasteiger partial charge in [0, 0.05) is 32.0 Å². The van der Waals surface area contributed by atoms with Crippen molar-refractivity contribution in [1.29, 1.82) is 0 Å². The van der Waals surface area contributed by atoms with Gasteiger partial charge >= 0.3 is 28.0 Å². The lowest BCUT2D eigenvalue weighted by Crippen LogP contribution is -2.55. The lowest BCUT2D eigenvalue weighted by Gasteiger charge is -2.36. The first-order chi connectivity index (χ1) is 9.68. The third-order valence-corrected chi connectivity index (χ3v) is 4.47. The van der Waals surface area contributed by atoms with Gasteiger partial charge in [-0.05, 0) is 0 Å². The number of alkyl halides is 1. The van der Waals surface area contributed by atoms with E-state index < -0.39 is 58.5 Å². The van der Waals surface area contributed by atoms with Crippen LogP contribution in [0.1, 0.15) is 0 Å². The van der Waals surface area contributed by atoms with E-state index in [2.05, 4.69) is 12.5 Å². The normalized spacial score (nSPS) is 31.1. The van der Waals surface area contributed by atoms with E-state index in [0.717, 1.165) is 0 Å². The first kappa shape index (κ1) is 20.9. The van der Waals surface area contributed by atoms with Crippen molar-refractivity contribution in [3.63, 3.8) is 0 Å². The summed E-state index contributed by atoms with van der Waals surface area (Å²) in [7, 11) is 0.632. The first-order valence-electron chi connectivity index (χ1n) is 4.82. The fourth-order valence-corrected chi connectivity index (χ4v) is 4.00. The van der Waals surface area contributed by atoms with Crippen molar-refractivity contribution in [2.24, 2.45) is 0 Å². The molecule has 0 aromatic carbocycles. The minimum absolute atomic E-state index is 0.626. The highest BCUT2D eigenvalue weighted by Crippen LogP contribution is 2.30. The molecular weight excluding hydrogens is 458 g/mol. The van der Waals surface area contributed by atoms with Gasteiger partial charge in [-0.1, -0.05) is 11.6 Å². The van der Waals surface area contributed by atoms with Crippen LogP contribution in [0.2, 0.25) is 0 Å². The van der Waals surface area contributed by atoms with Gasteiger partial charge in [0.25, 0.3) is 0 Å². The predicted molar refractivity (Wildman–Crippen MR) is 74.5 cm³/mol.